The standard InChI is InChI=1S/C51H33NO/c1-3-14-34(15-4-1)35-26-30-38(31-27-35)52(37-16-5-2-6-17-37)39-32-28-36(29-33-39)40-21-13-22-42-41-18-7-10-23-45(41)51(49(40)42)46-24-11-8-19-43(46)48-44-20-9-12-25-47(44)53-50(48)51/h1-33H. The summed E-state index contributed by atoms with van der Waals surface area (Å²) in [6.45, 7) is 0. The molecular formula is C51H33NO. The Morgan fingerprint density at radius 2 is 0.868 bits per heavy atom. The number of para-hydroxylation sites is 2. The van der Waals surface area contributed by atoms with Gasteiger partial charge < -0.3 is 9.32 Å². The van der Waals surface area contributed by atoms with E-state index in [1.165, 1.54) is 61.2 Å². The summed E-state index contributed by atoms with van der Waals surface area (Å²) >= 11 is 0. The first-order chi connectivity index (χ1) is 26.3. The van der Waals surface area contributed by atoms with Gasteiger partial charge in [0.1, 0.15) is 16.8 Å². The Morgan fingerprint density at radius 1 is 0.358 bits per heavy atom. The van der Waals surface area contributed by atoms with Crippen LogP contribution < -0.4 is 4.90 Å². The van der Waals surface area contributed by atoms with E-state index in [-0.39, 0.29) is 0 Å². The molecule has 1 atom stereocenters. The van der Waals surface area contributed by atoms with Gasteiger partial charge in [-0.05, 0) is 98.1 Å². The van der Waals surface area contributed by atoms with Gasteiger partial charge in [-0.3, -0.25) is 0 Å². The van der Waals surface area contributed by atoms with Gasteiger partial charge in [0.15, 0.2) is 0 Å². The lowest BCUT2D eigenvalue weighted by molar-refractivity contribution is 0.507. The number of furan rings is 1. The van der Waals surface area contributed by atoms with Crippen molar-refractivity contribution in [1.29, 1.82) is 0 Å². The van der Waals surface area contributed by atoms with Crippen molar-refractivity contribution in [3.05, 3.63) is 223 Å². The molecule has 2 aliphatic carbocycles. The van der Waals surface area contributed by atoms with Crippen LogP contribution in [0.1, 0.15) is 22.5 Å². The van der Waals surface area contributed by atoms with Crippen LogP contribution >= 0.6 is 0 Å². The average molecular weight is 676 g/mol. The highest BCUT2D eigenvalue weighted by Crippen LogP contribution is 2.66. The second-order valence-corrected chi connectivity index (χ2v) is 14.0. The number of fused-ring (bicyclic) bond motifs is 12. The first kappa shape index (κ1) is 29.8. The second-order valence-electron chi connectivity index (χ2n) is 14.0. The van der Waals surface area contributed by atoms with Gasteiger partial charge in [0, 0.05) is 28.0 Å². The molecule has 248 valence electrons. The molecule has 1 spiro atoms. The third-order valence-electron chi connectivity index (χ3n) is 11.3. The molecule has 2 nitrogen and oxygen atoms in total. The third kappa shape index (κ3) is 4.27. The molecule has 0 fully saturated rings. The van der Waals surface area contributed by atoms with Crippen LogP contribution in [0.2, 0.25) is 0 Å². The van der Waals surface area contributed by atoms with E-state index in [0.29, 0.717) is 0 Å². The molecule has 2 aliphatic rings. The molecule has 0 amide bonds. The van der Waals surface area contributed by atoms with E-state index in [1.807, 2.05) is 0 Å². The molecule has 53 heavy (non-hydrogen) atoms. The van der Waals surface area contributed by atoms with Crippen LogP contribution in [0.15, 0.2) is 205 Å². The van der Waals surface area contributed by atoms with Crippen molar-refractivity contribution in [3.63, 3.8) is 0 Å². The van der Waals surface area contributed by atoms with Crippen molar-refractivity contribution in [3.8, 4) is 44.5 Å². The number of rotatable bonds is 5. The zero-order chi connectivity index (χ0) is 34.9. The Bertz CT molecular complexity index is 2820. The van der Waals surface area contributed by atoms with Crippen LogP contribution in [0.25, 0.3) is 55.5 Å². The van der Waals surface area contributed by atoms with E-state index in [9.17, 15) is 0 Å². The molecule has 11 rings (SSSR count). The highest BCUT2D eigenvalue weighted by molar-refractivity contribution is 6.05. The highest BCUT2D eigenvalue weighted by atomic mass is 16.3. The lowest BCUT2D eigenvalue weighted by Crippen LogP contribution is -2.26. The zero-order valence-corrected chi connectivity index (χ0v) is 28.9. The molecule has 0 radical (unpaired) electrons. The normalized spacial score (nSPS) is 14.9. The van der Waals surface area contributed by atoms with E-state index in [4.69, 9.17) is 4.42 Å². The fourth-order valence-electron chi connectivity index (χ4n) is 9.09. The lowest BCUT2D eigenvalue weighted by Gasteiger charge is -2.30. The Labute approximate surface area is 308 Å². The number of anilines is 3. The fraction of sp³-hybridized carbons (Fsp3) is 0.0196. The van der Waals surface area contributed by atoms with Gasteiger partial charge in [0.25, 0.3) is 0 Å². The average Bonchev–Trinajstić information content (AvgIpc) is 3.86. The zero-order valence-electron chi connectivity index (χ0n) is 28.9. The molecule has 2 heteroatoms. The molecule has 0 bridgehead atoms. The van der Waals surface area contributed by atoms with Gasteiger partial charge in [-0.1, -0.05) is 158 Å². The van der Waals surface area contributed by atoms with Crippen LogP contribution in [0.5, 0.6) is 0 Å². The molecular weight excluding hydrogens is 643 g/mol. The Morgan fingerprint density at radius 3 is 1.60 bits per heavy atom. The minimum Gasteiger partial charge on any atom is -0.459 e. The Kier molecular flexibility index (Phi) is 6.50. The minimum absolute atomic E-state index is 0.581. The highest BCUT2D eigenvalue weighted by Gasteiger charge is 2.55. The minimum atomic E-state index is -0.581. The summed E-state index contributed by atoms with van der Waals surface area (Å²) in [5.41, 5.74) is 17.3. The first-order valence-electron chi connectivity index (χ1n) is 18.3. The summed E-state index contributed by atoms with van der Waals surface area (Å²) in [6.07, 6.45) is 0. The van der Waals surface area contributed by atoms with Gasteiger partial charge in [-0.25, -0.2) is 0 Å². The van der Waals surface area contributed by atoms with Crippen molar-refractivity contribution in [2.24, 2.45) is 0 Å². The van der Waals surface area contributed by atoms with Gasteiger partial charge in [-0.15, -0.1) is 0 Å². The SMILES string of the molecule is c1ccc(-c2ccc(N(c3ccccc3)c3ccc(-c4cccc5c4C4(c6ccccc6-5)c5ccccc5-c5c4oc4ccccc54)cc3)cc2)cc1. The van der Waals surface area contributed by atoms with Crippen LogP contribution in [-0.4, -0.2) is 0 Å². The van der Waals surface area contributed by atoms with E-state index >= 15 is 0 Å². The van der Waals surface area contributed by atoms with Gasteiger partial charge in [-0.2, -0.15) is 0 Å². The van der Waals surface area contributed by atoms with Crippen molar-refractivity contribution < 1.29 is 4.42 Å². The van der Waals surface area contributed by atoms with Crippen molar-refractivity contribution in [2.75, 3.05) is 4.90 Å². The molecule has 0 aliphatic heterocycles. The smallest absolute Gasteiger partial charge is 0.135 e. The van der Waals surface area contributed by atoms with Gasteiger partial charge >= 0.3 is 0 Å². The predicted molar refractivity (Wildman–Crippen MR) is 218 cm³/mol. The second kappa shape index (κ2) is 11.6. The maximum atomic E-state index is 7.01. The van der Waals surface area contributed by atoms with Crippen LogP contribution in [0, 0.1) is 0 Å². The summed E-state index contributed by atoms with van der Waals surface area (Å²) in [6, 6.07) is 72.3. The van der Waals surface area contributed by atoms with Crippen LogP contribution in [-0.2, 0) is 5.41 Å². The third-order valence-corrected chi connectivity index (χ3v) is 11.3. The number of benzene rings is 8. The molecule has 0 N–H and O–H groups in total. The maximum Gasteiger partial charge on any atom is 0.135 e. The number of hydrogen-bond acceptors (Lipinski definition) is 2. The topological polar surface area (TPSA) is 16.4 Å². The molecule has 0 saturated carbocycles. The van der Waals surface area contributed by atoms with E-state index in [2.05, 4.69) is 205 Å². The van der Waals surface area contributed by atoms with E-state index < -0.39 is 5.41 Å². The van der Waals surface area contributed by atoms with E-state index in [0.717, 1.165) is 33.8 Å². The lowest BCUT2D eigenvalue weighted by atomic mass is 9.71. The largest absolute Gasteiger partial charge is 0.459 e. The quantitative estimate of drug-likeness (QED) is 0.181. The fourth-order valence-corrected chi connectivity index (χ4v) is 9.09. The number of nitrogens with zero attached hydrogens (tertiary/aromatic N) is 1. The van der Waals surface area contributed by atoms with Gasteiger partial charge in [0.05, 0.1) is 0 Å². The molecule has 1 heterocycles. The maximum absolute atomic E-state index is 7.01. The van der Waals surface area contributed by atoms with Crippen LogP contribution in [0.4, 0.5) is 17.1 Å². The molecule has 1 aromatic heterocycles. The summed E-state index contributed by atoms with van der Waals surface area (Å²) in [7, 11) is 0. The van der Waals surface area contributed by atoms with Gasteiger partial charge in [0.2, 0.25) is 0 Å². The number of hydrogen-bond donors (Lipinski definition) is 0. The summed E-state index contributed by atoms with van der Waals surface area (Å²) in [5.74, 6) is 1.02. The van der Waals surface area contributed by atoms with Crippen molar-refractivity contribution in [2.45, 2.75) is 5.41 Å². The molecule has 8 aromatic carbocycles. The van der Waals surface area contributed by atoms with Crippen molar-refractivity contribution in [1.82, 2.24) is 0 Å². The summed E-state index contributed by atoms with van der Waals surface area (Å²) in [4.78, 5) is 2.33. The van der Waals surface area contributed by atoms with E-state index in [1.54, 1.807) is 0 Å². The first-order valence-corrected chi connectivity index (χ1v) is 18.3. The summed E-state index contributed by atoms with van der Waals surface area (Å²) in [5, 5.41) is 1.16. The van der Waals surface area contributed by atoms with Crippen molar-refractivity contribution >= 4 is 28.0 Å². The Hall–Kier alpha value is -6.90. The molecule has 1 unspecified atom stereocenters. The molecule has 0 saturated heterocycles. The molecule has 9 aromatic rings. The predicted octanol–water partition coefficient (Wildman–Crippen LogP) is 13.6. The summed E-state index contributed by atoms with van der Waals surface area (Å²) < 4.78 is 7.01. The Balaban J connectivity index is 1.09. The monoisotopic (exact) mass is 675 g/mol. The van der Waals surface area contributed by atoms with Crippen LogP contribution in [0.3, 0.4) is 0 Å².